The molecule has 0 aliphatic heterocycles. The van der Waals surface area contributed by atoms with Crippen LogP contribution in [-0.2, 0) is 16.6 Å². The van der Waals surface area contributed by atoms with Crippen LogP contribution in [-0.4, -0.2) is 26.8 Å². The molecule has 0 unspecified atom stereocenters. The normalized spacial score (nSPS) is 22.7. The van der Waals surface area contributed by atoms with Crippen LogP contribution >= 0.6 is 0 Å². The summed E-state index contributed by atoms with van der Waals surface area (Å²) in [5.41, 5.74) is 0. The molecule has 0 saturated carbocycles. The zero-order chi connectivity index (χ0) is 13.1. The molecular weight excluding hydrogens is 234 g/mol. The first-order valence-corrected chi connectivity index (χ1v) is 5.76. The van der Waals surface area contributed by atoms with E-state index in [1.165, 1.54) is 0 Å². The standard InChI is InChI=1S/C12H15N3O3/c1-15-7-6-10(14-15)13-11(16)8-4-2-3-5-9(8)12(17)18/h2-3,6-9H,4-5H2,1H3,(H,17,18)(H,13,14,16)/t8-,9-/m1/s1. The Labute approximate surface area is 104 Å². The summed E-state index contributed by atoms with van der Waals surface area (Å²) in [6.45, 7) is 0. The van der Waals surface area contributed by atoms with Gasteiger partial charge in [0.15, 0.2) is 5.82 Å². The van der Waals surface area contributed by atoms with E-state index in [2.05, 4.69) is 10.4 Å². The van der Waals surface area contributed by atoms with E-state index < -0.39 is 17.8 Å². The number of hydrogen-bond acceptors (Lipinski definition) is 3. The van der Waals surface area contributed by atoms with Gasteiger partial charge in [-0.05, 0) is 12.8 Å². The van der Waals surface area contributed by atoms with Crippen molar-refractivity contribution in [2.45, 2.75) is 12.8 Å². The summed E-state index contributed by atoms with van der Waals surface area (Å²) in [7, 11) is 1.75. The van der Waals surface area contributed by atoms with Crippen LogP contribution in [0.1, 0.15) is 12.8 Å². The Morgan fingerprint density at radius 1 is 1.39 bits per heavy atom. The van der Waals surface area contributed by atoms with E-state index in [0.717, 1.165) is 0 Å². The van der Waals surface area contributed by atoms with Crippen LogP contribution in [0, 0.1) is 11.8 Å². The number of aromatic nitrogens is 2. The Balaban J connectivity index is 2.07. The molecule has 2 rings (SSSR count). The average molecular weight is 249 g/mol. The molecule has 6 heteroatoms. The number of allylic oxidation sites excluding steroid dienone is 2. The molecule has 6 nitrogen and oxygen atoms in total. The summed E-state index contributed by atoms with van der Waals surface area (Å²) < 4.78 is 1.57. The molecule has 0 bridgehead atoms. The Kier molecular flexibility index (Phi) is 3.45. The lowest BCUT2D eigenvalue weighted by Gasteiger charge is -2.23. The van der Waals surface area contributed by atoms with Crippen LogP contribution in [0.2, 0.25) is 0 Å². The Hall–Kier alpha value is -2.11. The average Bonchev–Trinajstić information content (AvgIpc) is 2.74. The number of aliphatic carboxylic acids is 1. The zero-order valence-corrected chi connectivity index (χ0v) is 10.0. The molecule has 0 saturated heterocycles. The van der Waals surface area contributed by atoms with E-state index in [0.29, 0.717) is 18.7 Å². The topological polar surface area (TPSA) is 84.2 Å². The van der Waals surface area contributed by atoms with E-state index >= 15 is 0 Å². The molecule has 96 valence electrons. The minimum Gasteiger partial charge on any atom is -0.481 e. The van der Waals surface area contributed by atoms with Crippen molar-refractivity contribution in [3.63, 3.8) is 0 Å². The fourth-order valence-electron chi connectivity index (χ4n) is 2.08. The van der Waals surface area contributed by atoms with Crippen molar-refractivity contribution in [2.24, 2.45) is 18.9 Å². The van der Waals surface area contributed by atoms with Gasteiger partial charge in [0, 0.05) is 19.3 Å². The number of aryl methyl sites for hydroxylation is 1. The highest BCUT2D eigenvalue weighted by Crippen LogP contribution is 2.26. The first kappa shape index (κ1) is 12.3. The third kappa shape index (κ3) is 2.58. The van der Waals surface area contributed by atoms with Gasteiger partial charge in [0.05, 0.1) is 11.8 Å². The number of carbonyl (C=O) groups excluding carboxylic acids is 1. The highest BCUT2D eigenvalue weighted by molar-refractivity contribution is 5.94. The van der Waals surface area contributed by atoms with Crippen LogP contribution in [0.25, 0.3) is 0 Å². The van der Waals surface area contributed by atoms with E-state index in [1.807, 2.05) is 12.2 Å². The number of carboxylic acids is 1. The molecule has 0 fully saturated rings. The Bertz CT molecular complexity index is 493. The van der Waals surface area contributed by atoms with Crippen molar-refractivity contribution in [2.75, 3.05) is 5.32 Å². The monoisotopic (exact) mass is 249 g/mol. The first-order chi connectivity index (χ1) is 8.58. The van der Waals surface area contributed by atoms with Crippen molar-refractivity contribution >= 4 is 17.7 Å². The quantitative estimate of drug-likeness (QED) is 0.783. The van der Waals surface area contributed by atoms with Crippen molar-refractivity contribution in [1.29, 1.82) is 0 Å². The van der Waals surface area contributed by atoms with E-state index in [1.54, 1.807) is 24.0 Å². The first-order valence-electron chi connectivity index (χ1n) is 5.76. The maximum absolute atomic E-state index is 12.0. The smallest absolute Gasteiger partial charge is 0.307 e. The molecule has 2 atom stereocenters. The number of anilines is 1. The van der Waals surface area contributed by atoms with Crippen molar-refractivity contribution in [1.82, 2.24) is 9.78 Å². The molecule has 1 aliphatic carbocycles. The van der Waals surface area contributed by atoms with E-state index in [9.17, 15) is 9.59 Å². The van der Waals surface area contributed by atoms with Gasteiger partial charge in [-0.2, -0.15) is 5.10 Å². The largest absolute Gasteiger partial charge is 0.481 e. The minimum absolute atomic E-state index is 0.287. The van der Waals surface area contributed by atoms with Crippen LogP contribution < -0.4 is 5.32 Å². The molecule has 0 radical (unpaired) electrons. The summed E-state index contributed by atoms with van der Waals surface area (Å²) >= 11 is 0. The van der Waals surface area contributed by atoms with E-state index in [4.69, 9.17) is 5.11 Å². The summed E-state index contributed by atoms with van der Waals surface area (Å²) in [6.07, 6.45) is 6.22. The van der Waals surface area contributed by atoms with Crippen LogP contribution in [0.3, 0.4) is 0 Å². The predicted octanol–water partition coefficient (Wildman–Crippen LogP) is 1.03. The molecule has 1 amide bonds. The third-order valence-corrected chi connectivity index (χ3v) is 3.05. The van der Waals surface area contributed by atoms with Crippen molar-refractivity contribution < 1.29 is 14.7 Å². The fourth-order valence-corrected chi connectivity index (χ4v) is 2.08. The SMILES string of the molecule is Cn1ccc(NC(=O)[C@@H]2CC=CC[C@H]2C(=O)O)n1. The number of hydrogen-bond donors (Lipinski definition) is 2. The Morgan fingerprint density at radius 3 is 2.61 bits per heavy atom. The molecule has 1 aromatic heterocycles. The van der Waals surface area contributed by atoms with Gasteiger partial charge in [-0.25, -0.2) is 0 Å². The number of rotatable bonds is 3. The molecule has 18 heavy (non-hydrogen) atoms. The number of nitrogens with zero attached hydrogens (tertiary/aromatic N) is 2. The van der Waals surface area contributed by atoms with E-state index in [-0.39, 0.29) is 5.91 Å². The molecule has 1 aliphatic rings. The molecule has 2 N–H and O–H groups in total. The van der Waals surface area contributed by atoms with Gasteiger partial charge in [0.1, 0.15) is 0 Å². The van der Waals surface area contributed by atoms with Gasteiger partial charge in [0.2, 0.25) is 5.91 Å². The van der Waals surface area contributed by atoms with Gasteiger partial charge in [0.25, 0.3) is 0 Å². The second-order valence-corrected chi connectivity index (χ2v) is 4.36. The molecule has 0 aromatic carbocycles. The maximum Gasteiger partial charge on any atom is 0.307 e. The molecule has 1 heterocycles. The highest BCUT2D eigenvalue weighted by Gasteiger charge is 2.34. The van der Waals surface area contributed by atoms with Crippen molar-refractivity contribution in [3.05, 3.63) is 24.4 Å². The number of amides is 1. The number of carboxylic acid groups (broad SMARTS) is 1. The molecule has 0 spiro atoms. The minimum atomic E-state index is -0.930. The molecule has 1 aromatic rings. The van der Waals surface area contributed by atoms with Gasteiger partial charge in [-0.1, -0.05) is 12.2 Å². The van der Waals surface area contributed by atoms with Crippen molar-refractivity contribution in [3.8, 4) is 0 Å². The highest BCUT2D eigenvalue weighted by atomic mass is 16.4. The zero-order valence-electron chi connectivity index (χ0n) is 10.0. The van der Waals surface area contributed by atoms with Gasteiger partial charge in [-0.3, -0.25) is 14.3 Å². The third-order valence-electron chi connectivity index (χ3n) is 3.05. The van der Waals surface area contributed by atoms with Crippen LogP contribution in [0.4, 0.5) is 5.82 Å². The van der Waals surface area contributed by atoms with Crippen LogP contribution in [0.5, 0.6) is 0 Å². The molecular formula is C12H15N3O3. The summed E-state index contributed by atoms with van der Waals surface area (Å²) in [5.74, 6) is -1.96. The summed E-state index contributed by atoms with van der Waals surface area (Å²) in [6, 6.07) is 1.67. The maximum atomic E-state index is 12.0. The van der Waals surface area contributed by atoms with Gasteiger partial charge < -0.3 is 10.4 Å². The van der Waals surface area contributed by atoms with Crippen LogP contribution in [0.15, 0.2) is 24.4 Å². The second kappa shape index (κ2) is 5.03. The summed E-state index contributed by atoms with van der Waals surface area (Å²) in [5, 5.41) is 15.8. The second-order valence-electron chi connectivity index (χ2n) is 4.36. The van der Waals surface area contributed by atoms with Gasteiger partial charge >= 0.3 is 5.97 Å². The number of carbonyl (C=O) groups is 2. The lowest BCUT2D eigenvalue weighted by molar-refractivity contribution is -0.146. The predicted molar refractivity (Wildman–Crippen MR) is 64.8 cm³/mol. The lowest BCUT2D eigenvalue weighted by Crippen LogP contribution is -2.34. The summed E-state index contributed by atoms with van der Waals surface area (Å²) in [4.78, 5) is 23.1. The lowest BCUT2D eigenvalue weighted by atomic mass is 9.82. The Morgan fingerprint density at radius 2 is 2.06 bits per heavy atom. The fraction of sp³-hybridized carbons (Fsp3) is 0.417. The number of nitrogens with one attached hydrogen (secondary N) is 1. The van der Waals surface area contributed by atoms with Gasteiger partial charge in [-0.15, -0.1) is 0 Å².